The smallest absolute Gasteiger partial charge is 0.272 e. The van der Waals surface area contributed by atoms with Crippen LogP contribution in [0.15, 0.2) is 41.5 Å². The van der Waals surface area contributed by atoms with Crippen LogP contribution in [0.1, 0.15) is 24.2 Å². The Balaban J connectivity index is 1.50. The zero-order valence-corrected chi connectivity index (χ0v) is 15.5. The molecule has 0 bridgehead atoms. The minimum absolute atomic E-state index is 0.342. The van der Waals surface area contributed by atoms with Crippen LogP contribution in [0.25, 0.3) is 16.4 Å². The summed E-state index contributed by atoms with van der Waals surface area (Å²) >= 11 is 6.32. The largest absolute Gasteiger partial charge is 0.490 e. The normalized spacial score (nSPS) is 14.1. The molecule has 1 fully saturated rings. The van der Waals surface area contributed by atoms with Crippen LogP contribution in [-0.2, 0) is 6.42 Å². The highest BCUT2D eigenvalue weighted by Gasteiger charge is 2.22. The second kappa shape index (κ2) is 6.60. The number of hydrogen-bond donors (Lipinski definition) is 1. The molecule has 1 N–H and O–H groups in total. The number of aromatic amines is 1. The molecule has 5 rings (SSSR count). The van der Waals surface area contributed by atoms with Crippen LogP contribution in [0.3, 0.4) is 0 Å². The van der Waals surface area contributed by atoms with Crippen molar-refractivity contribution in [1.82, 2.24) is 19.6 Å². The number of nitrogens with one attached hydrogen (secondary N) is 1. The summed E-state index contributed by atoms with van der Waals surface area (Å²) in [6.07, 6.45) is 6.42. The molecule has 3 heterocycles. The van der Waals surface area contributed by atoms with Crippen molar-refractivity contribution in [1.29, 1.82) is 0 Å². The topological polar surface area (TPSA) is 72.3 Å². The number of H-pyrrole nitrogens is 1. The van der Waals surface area contributed by atoms with E-state index in [1.807, 2.05) is 16.8 Å². The quantitative estimate of drug-likeness (QED) is 0.555. The number of ether oxygens (including phenoxy) is 1. The molecule has 0 unspecified atom stereocenters. The minimum Gasteiger partial charge on any atom is -0.490 e. The summed E-state index contributed by atoms with van der Waals surface area (Å²) in [5, 5.41) is 7.95. The van der Waals surface area contributed by atoms with Crippen LogP contribution < -0.4 is 10.3 Å². The minimum atomic E-state index is -0.416. The fraction of sp³-hybridized carbons (Fsp3) is 0.250. The zero-order valence-electron chi connectivity index (χ0n) is 14.8. The maximum Gasteiger partial charge on any atom is 0.272 e. The van der Waals surface area contributed by atoms with E-state index in [1.165, 1.54) is 31.0 Å². The van der Waals surface area contributed by atoms with Gasteiger partial charge in [-0.25, -0.2) is 14.5 Å². The SMILES string of the molecule is O=c1[nH]nc(Cc2cn3cc(OCC4CC4)c(Cl)cc3n2)c2cc(F)ccc12. The molecule has 4 aromatic rings. The van der Waals surface area contributed by atoms with E-state index >= 15 is 0 Å². The number of hydrogen-bond acceptors (Lipinski definition) is 4. The molecule has 28 heavy (non-hydrogen) atoms. The van der Waals surface area contributed by atoms with E-state index in [4.69, 9.17) is 16.3 Å². The molecule has 0 amide bonds. The summed E-state index contributed by atoms with van der Waals surface area (Å²) < 4.78 is 21.3. The van der Waals surface area contributed by atoms with Crippen molar-refractivity contribution >= 4 is 28.0 Å². The van der Waals surface area contributed by atoms with E-state index < -0.39 is 5.82 Å². The molecule has 3 aromatic heterocycles. The van der Waals surface area contributed by atoms with Gasteiger partial charge < -0.3 is 9.14 Å². The van der Waals surface area contributed by atoms with Crippen molar-refractivity contribution < 1.29 is 9.13 Å². The highest BCUT2D eigenvalue weighted by molar-refractivity contribution is 6.32. The second-order valence-corrected chi connectivity index (χ2v) is 7.51. The number of aromatic nitrogens is 4. The van der Waals surface area contributed by atoms with Gasteiger partial charge in [-0.1, -0.05) is 11.6 Å². The lowest BCUT2D eigenvalue weighted by atomic mass is 10.1. The number of fused-ring (bicyclic) bond motifs is 2. The van der Waals surface area contributed by atoms with Gasteiger partial charge in [-0.2, -0.15) is 5.10 Å². The number of nitrogens with zero attached hydrogens (tertiary/aromatic N) is 3. The molecule has 6 nitrogen and oxygen atoms in total. The Bertz CT molecular complexity index is 1260. The van der Waals surface area contributed by atoms with Crippen LogP contribution in [0.2, 0.25) is 5.02 Å². The first-order valence-corrected chi connectivity index (χ1v) is 9.41. The number of imidazole rings is 1. The molecule has 1 aliphatic carbocycles. The molecule has 0 saturated heterocycles. The first kappa shape index (κ1) is 17.2. The van der Waals surface area contributed by atoms with Gasteiger partial charge >= 0.3 is 0 Å². The van der Waals surface area contributed by atoms with Gasteiger partial charge in [-0.15, -0.1) is 0 Å². The molecule has 1 aliphatic rings. The third-order valence-electron chi connectivity index (χ3n) is 4.91. The first-order chi connectivity index (χ1) is 13.6. The van der Waals surface area contributed by atoms with Crippen molar-refractivity contribution in [3.05, 3.63) is 69.2 Å². The summed E-state index contributed by atoms with van der Waals surface area (Å²) in [6, 6.07) is 5.80. The predicted molar refractivity (Wildman–Crippen MR) is 104 cm³/mol. The molecular weight excluding hydrogens is 383 g/mol. The molecule has 0 spiro atoms. The van der Waals surface area contributed by atoms with E-state index in [1.54, 1.807) is 6.07 Å². The van der Waals surface area contributed by atoms with Gasteiger partial charge in [0.15, 0.2) is 5.75 Å². The Morgan fingerprint density at radius 3 is 2.93 bits per heavy atom. The Hall–Kier alpha value is -2.93. The van der Waals surface area contributed by atoms with Crippen LogP contribution in [0, 0.1) is 11.7 Å². The monoisotopic (exact) mass is 398 g/mol. The van der Waals surface area contributed by atoms with Crippen LogP contribution in [-0.4, -0.2) is 26.2 Å². The number of benzene rings is 1. The van der Waals surface area contributed by atoms with Crippen molar-refractivity contribution in [2.24, 2.45) is 5.92 Å². The van der Waals surface area contributed by atoms with Gasteiger partial charge in [0.2, 0.25) is 0 Å². The summed E-state index contributed by atoms with van der Waals surface area (Å²) in [4.78, 5) is 16.5. The molecule has 0 aliphatic heterocycles. The van der Waals surface area contributed by atoms with Crippen molar-refractivity contribution in [3.8, 4) is 5.75 Å². The van der Waals surface area contributed by atoms with E-state index in [0.29, 0.717) is 51.8 Å². The van der Waals surface area contributed by atoms with Crippen molar-refractivity contribution in [3.63, 3.8) is 0 Å². The average Bonchev–Trinajstić information content (AvgIpc) is 3.42. The first-order valence-electron chi connectivity index (χ1n) is 9.03. The van der Waals surface area contributed by atoms with Crippen molar-refractivity contribution in [2.45, 2.75) is 19.3 Å². The van der Waals surface area contributed by atoms with Gasteiger partial charge in [-0.05, 0) is 37.0 Å². The molecule has 0 atom stereocenters. The van der Waals surface area contributed by atoms with E-state index in [-0.39, 0.29) is 5.56 Å². The van der Waals surface area contributed by atoms with Gasteiger partial charge in [0.1, 0.15) is 11.5 Å². The number of rotatable bonds is 5. The summed E-state index contributed by atoms with van der Waals surface area (Å²) in [5.41, 5.74) is 1.60. The highest BCUT2D eigenvalue weighted by atomic mass is 35.5. The number of pyridine rings is 1. The highest BCUT2D eigenvalue weighted by Crippen LogP contribution is 2.32. The zero-order chi connectivity index (χ0) is 19.3. The lowest BCUT2D eigenvalue weighted by Gasteiger charge is -2.07. The standard InChI is InChI=1S/C20H16ClFN4O2/c21-16-7-19-23-13(8-26(19)9-18(16)28-10-11-1-2-11)6-17-15-5-12(22)3-4-14(15)20(27)25-24-17/h3-5,7-9,11H,1-2,6,10H2,(H,25,27). The summed E-state index contributed by atoms with van der Waals surface area (Å²) in [7, 11) is 0. The molecule has 142 valence electrons. The summed E-state index contributed by atoms with van der Waals surface area (Å²) in [6.45, 7) is 0.672. The van der Waals surface area contributed by atoms with Crippen LogP contribution >= 0.6 is 11.6 Å². The van der Waals surface area contributed by atoms with E-state index in [2.05, 4.69) is 15.2 Å². The lowest BCUT2D eigenvalue weighted by molar-refractivity contribution is 0.298. The van der Waals surface area contributed by atoms with E-state index in [0.717, 1.165) is 5.69 Å². The average molecular weight is 399 g/mol. The molecule has 1 aromatic carbocycles. The molecule has 1 saturated carbocycles. The van der Waals surface area contributed by atoms with E-state index in [9.17, 15) is 9.18 Å². The Morgan fingerprint density at radius 2 is 2.11 bits per heavy atom. The third-order valence-corrected chi connectivity index (χ3v) is 5.20. The van der Waals surface area contributed by atoms with Gasteiger partial charge in [0, 0.05) is 24.1 Å². The Morgan fingerprint density at radius 1 is 1.25 bits per heavy atom. The van der Waals surface area contributed by atoms with Crippen molar-refractivity contribution in [2.75, 3.05) is 6.61 Å². The fourth-order valence-corrected chi connectivity index (χ4v) is 3.43. The Labute approximate surface area is 163 Å². The Kier molecular flexibility index (Phi) is 4.05. The van der Waals surface area contributed by atoms with Gasteiger partial charge in [0.25, 0.3) is 5.56 Å². The molecule has 0 radical (unpaired) electrons. The molecular formula is C20H16ClFN4O2. The van der Waals surface area contributed by atoms with Crippen LogP contribution in [0.5, 0.6) is 5.75 Å². The third kappa shape index (κ3) is 3.22. The van der Waals surface area contributed by atoms with Gasteiger partial charge in [-0.3, -0.25) is 4.79 Å². The lowest BCUT2D eigenvalue weighted by Crippen LogP contribution is -2.11. The predicted octanol–water partition coefficient (Wildman–Crippen LogP) is 3.74. The van der Waals surface area contributed by atoms with Crippen LogP contribution in [0.4, 0.5) is 4.39 Å². The number of halogens is 2. The second-order valence-electron chi connectivity index (χ2n) is 7.10. The molecule has 8 heteroatoms. The maximum atomic E-state index is 13.7. The van der Waals surface area contributed by atoms with Gasteiger partial charge in [0.05, 0.1) is 34.6 Å². The maximum absolute atomic E-state index is 13.7. The summed E-state index contributed by atoms with van der Waals surface area (Å²) in [5.74, 6) is 0.838. The fourth-order valence-electron chi connectivity index (χ4n) is 3.22.